The van der Waals surface area contributed by atoms with Crippen molar-refractivity contribution in [1.29, 1.82) is 0 Å². The fourth-order valence-corrected chi connectivity index (χ4v) is 2.07. The zero-order chi connectivity index (χ0) is 12.1. The van der Waals surface area contributed by atoms with E-state index in [9.17, 15) is 4.79 Å². The quantitative estimate of drug-likeness (QED) is 0.851. The number of nitrogens with one attached hydrogen (secondary N) is 1. The maximum Gasteiger partial charge on any atom is 0.365 e. The minimum atomic E-state index is -0.968. The third-order valence-corrected chi connectivity index (χ3v) is 3.09. The van der Waals surface area contributed by atoms with Crippen molar-refractivity contribution in [3.05, 3.63) is 52.0 Å². The summed E-state index contributed by atoms with van der Waals surface area (Å²) in [6, 6.07) is 10.0. The van der Waals surface area contributed by atoms with Crippen LogP contribution in [-0.2, 0) is 13.1 Å². The molecule has 1 heterocycles. The van der Waals surface area contributed by atoms with Gasteiger partial charge in [-0.2, -0.15) is 0 Å². The molecular weight excluding hydrogens is 236 g/mol. The average Bonchev–Trinajstić information content (AvgIpc) is 2.79. The Morgan fingerprint density at radius 2 is 2.06 bits per heavy atom. The summed E-state index contributed by atoms with van der Waals surface area (Å²) in [5, 5.41) is 13.9. The lowest BCUT2D eigenvalue weighted by molar-refractivity contribution is 0.0696. The lowest BCUT2D eigenvalue weighted by atomic mass is 10.2. The number of aromatic carboxylic acids is 1. The zero-order valence-electron chi connectivity index (χ0n) is 9.09. The molecular formula is C12H12N2O2S. The third-order valence-electron chi connectivity index (χ3n) is 2.21. The van der Waals surface area contributed by atoms with Crippen LogP contribution < -0.4 is 5.32 Å². The number of carboxylic acid groups (broad SMARTS) is 1. The summed E-state index contributed by atoms with van der Waals surface area (Å²) < 4.78 is 0. The molecule has 0 bridgehead atoms. The van der Waals surface area contributed by atoms with Crippen LogP contribution in [0.15, 0.2) is 35.7 Å². The minimum Gasteiger partial charge on any atom is -0.476 e. The molecule has 0 aliphatic carbocycles. The van der Waals surface area contributed by atoms with Gasteiger partial charge in [-0.3, -0.25) is 0 Å². The molecule has 88 valence electrons. The van der Waals surface area contributed by atoms with Crippen molar-refractivity contribution in [2.45, 2.75) is 13.1 Å². The van der Waals surface area contributed by atoms with Crippen LogP contribution in [0.3, 0.4) is 0 Å². The molecule has 0 aliphatic heterocycles. The van der Waals surface area contributed by atoms with E-state index in [0.29, 0.717) is 6.54 Å². The molecule has 0 aliphatic rings. The smallest absolute Gasteiger partial charge is 0.365 e. The molecule has 0 fully saturated rings. The van der Waals surface area contributed by atoms with Crippen molar-refractivity contribution in [3.8, 4) is 0 Å². The number of benzene rings is 1. The van der Waals surface area contributed by atoms with Crippen molar-refractivity contribution in [1.82, 2.24) is 10.3 Å². The summed E-state index contributed by atoms with van der Waals surface area (Å²) in [5.74, 6) is -0.968. The number of thiazole rings is 1. The van der Waals surface area contributed by atoms with Crippen LogP contribution in [0.5, 0.6) is 0 Å². The normalized spacial score (nSPS) is 10.4. The summed E-state index contributed by atoms with van der Waals surface area (Å²) in [4.78, 5) is 14.6. The van der Waals surface area contributed by atoms with Crippen LogP contribution in [0.25, 0.3) is 0 Å². The zero-order valence-corrected chi connectivity index (χ0v) is 9.91. The molecule has 2 rings (SSSR count). The van der Waals surface area contributed by atoms with Gasteiger partial charge in [0.1, 0.15) is 0 Å². The van der Waals surface area contributed by atoms with Crippen LogP contribution in [0.1, 0.15) is 21.1 Å². The number of carbonyl (C=O) groups is 1. The molecule has 2 N–H and O–H groups in total. The Hall–Kier alpha value is -1.72. The van der Waals surface area contributed by atoms with E-state index < -0.39 is 5.97 Å². The monoisotopic (exact) mass is 248 g/mol. The van der Waals surface area contributed by atoms with Crippen LogP contribution in [0.4, 0.5) is 0 Å². The Morgan fingerprint density at radius 3 is 2.71 bits per heavy atom. The molecule has 2 aromatic rings. The molecule has 0 amide bonds. The van der Waals surface area contributed by atoms with E-state index in [1.165, 1.54) is 5.56 Å². The molecule has 5 heteroatoms. The molecule has 0 spiro atoms. The van der Waals surface area contributed by atoms with Gasteiger partial charge in [0.2, 0.25) is 5.01 Å². The third kappa shape index (κ3) is 3.37. The predicted octanol–water partition coefficient (Wildman–Crippen LogP) is 2.13. The average molecular weight is 248 g/mol. The second kappa shape index (κ2) is 5.56. The van der Waals surface area contributed by atoms with Crippen LogP contribution in [0.2, 0.25) is 0 Å². The number of nitrogens with zero attached hydrogens (tertiary/aromatic N) is 1. The lowest BCUT2D eigenvalue weighted by Crippen LogP contribution is -2.13. The molecule has 1 aromatic carbocycles. The van der Waals surface area contributed by atoms with E-state index in [1.807, 2.05) is 30.3 Å². The second-order valence-electron chi connectivity index (χ2n) is 3.54. The Morgan fingerprint density at radius 1 is 1.29 bits per heavy atom. The van der Waals surface area contributed by atoms with E-state index >= 15 is 0 Å². The van der Waals surface area contributed by atoms with Gasteiger partial charge in [-0.25, -0.2) is 9.78 Å². The van der Waals surface area contributed by atoms with E-state index in [0.717, 1.165) is 23.6 Å². The number of carboxylic acids is 1. The highest BCUT2D eigenvalue weighted by atomic mass is 32.1. The summed E-state index contributed by atoms with van der Waals surface area (Å²) >= 11 is 1.15. The Labute approximate surface area is 103 Å². The lowest BCUT2D eigenvalue weighted by Gasteiger charge is -2.02. The Balaban J connectivity index is 1.84. The number of aromatic nitrogens is 1. The highest BCUT2D eigenvalue weighted by Crippen LogP contribution is 2.09. The van der Waals surface area contributed by atoms with Gasteiger partial charge in [-0.05, 0) is 5.56 Å². The maximum absolute atomic E-state index is 10.6. The van der Waals surface area contributed by atoms with Crippen LogP contribution in [-0.4, -0.2) is 16.1 Å². The van der Waals surface area contributed by atoms with E-state index in [4.69, 9.17) is 5.11 Å². The SMILES string of the molecule is O=C(O)c1nc(CNCc2ccccc2)cs1. The number of hydrogen-bond acceptors (Lipinski definition) is 4. The van der Waals surface area contributed by atoms with Crippen molar-refractivity contribution in [3.63, 3.8) is 0 Å². The van der Waals surface area contributed by atoms with Gasteiger partial charge in [-0.1, -0.05) is 30.3 Å². The molecule has 17 heavy (non-hydrogen) atoms. The van der Waals surface area contributed by atoms with Gasteiger partial charge in [0.05, 0.1) is 5.69 Å². The van der Waals surface area contributed by atoms with Gasteiger partial charge in [0, 0.05) is 18.5 Å². The second-order valence-corrected chi connectivity index (χ2v) is 4.40. The fraction of sp³-hybridized carbons (Fsp3) is 0.167. The van der Waals surface area contributed by atoms with E-state index in [2.05, 4.69) is 10.3 Å². The highest BCUT2D eigenvalue weighted by molar-refractivity contribution is 7.11. The minimum absolute atomic E-state index is 0.140. The van der Waals surface area contributed by atoms with Gasteiger partial charge < -0.3 is 10.4 Å². The first kappa shape index (κ1) is 11.8. The standard InChI is InChI=1S/C12H12N2O2S/c15-12(16)11-14-10(8-17-11)7-13-6-9-4-2-1-3-5-9/h1-5,8,13H,6-7H2,(H,15,16). The summed E-state index contributed by atoms with van der Waals surface area (Å²) in [6.07, 6.45) is 0. The van der Waals surface area contributed by atoms with Crippen LogP contribution in [0, 0.1) is 0 Å². The van der Waals surface area contributed by atoms with E-state index in [-0.39, 0.29) is 5.01 Å². The largest absolute Gasteiger partial charge is 0.476 e. The topological polar surface area (TPSA) is 62.2 Å². The molecule has 0 radical (unpaired) electrons. The van der Waals surface area contributed by atoms with Crippen molar-refractivity contribution in [2.75, 3.05) is 0 Å². The first-order valence-corrected chi connectivity index (χ1v) is 6.06. The number of rotatable bonds is 5. The molecule has 0 saturated carbocycles. The van der Waals surface area contributed by atoms with E-state index in [1.54, 1.807) is 5.38 Å². The summed E-state index contributed by atoms with van der Waals surface area (Å²) in [7, 11) is 0. The molecule has 0 saturated heterocycles. The molecule has 1 aromatic heterocycles. The van der Waals surface area contributed by atoms with Gasteiger partial charge >= 0.3 is 5.97 Å². The summed E-state index contributed by atoms with van der Waals surface area (Å²) in [6.45, 7) is 1.33. The first-order valence-electron chi connectivity index (χ1n) is 5.18. The van der Waals surface area contributed by atoms with Gasteiger partial charge in [0.15, 0.2) is 0 Å². The van der Waals surface area contributed by atoms with Crippen molar-refractivity contribution >= 4 is 17.3 Å². The van der Waals surface area contributed by atoms with Gasteiger partial charge in [0.25, 0.3) is 0 Å². The van der Waals surface area contributed by atoms with Crippen LogP contribution >= 0.6 is 11.3 Å². The number of hydrogen-bond donors (Lipinski definition) is 2. The Kier molecular flexibility index (Phi) is 3.85. The van der Waals surface area contributed by atoms with Crippen molar-refractivity contribution in [2.24, 2.45) is 0 Å². The van der Waals surface area contributed by atoms with Gasteiger partial charge in [-0.15, -0.1) is 11.3 Å². The molecule has 0 atom stereocenters. The first-order chi connectivity index (χ1) is 8.25. The summed E-state index contributed by atoms with van der Waals surface area (Å²) in [5.41, 5.74) is 1.96. The van der Waals surface area contributed by atoms with Crippen molar-refractivity contribution < 1.29 is 9.90 Å². The maximum atomic E-state index is 10.6. The molecule has 4 nitrogen and oxygen atoms in total. The Bertz CT molecular complexity index is 496. The predicted molar refractivity (Wildman–Crippen MR) is 66.1 cm³/mol. The fourth-order valence-electron chi connectivity index (χ4n) is 1.42. The molecule has 0 unspecified atom stereocenters. The highest BCUT2D eigenvalue weighted by Gasteiger charge is 2.08.